The van der Waals surface area contributed by atoms with Crippen LogP contribution >= 0.6 is 11.3 Å². The second-order valence-electron chi connectivity index (χ2n) is 5.39. The molecule has 2 heterocycles. The average molecular weight is 409 g/mol. The molecule has 3 aromatic rings. The molecule has 0 aliphatic rings. The number of hydrogen-bond donors (Lipinski definition) is 1. The van der Waals surface area contributed by atoms with Gasteiger partial charge in [-0.1, -0.05) is 6.07 Å². The summed E-state index contributed by atoms with van der Waals surface area (Å²) in [7, 11) is 0. The summed E-state index contributed by atoms with van der Waals surface area (Å²) in [6, 6.07) is 6.40. The molecule has 0 atom stereocenters. The summed E-state index contributed by atoms with van der Waals surface area (Å²) in [5, 5.41) is 4.02. The summed E-state index contributed by atoms with van der Waals surface area (Å²) < 4.78 is 35.0. The Balaban J connectivity index is 1.52. The van der Waals surface area contributed by atoms with Crippen LogP contribution in [0.2, 0.25) is 0 Å². The van der Waals surface area contributed by atoms with Crippen LogP contribution in [-0.2, 0) is 16.1 Å². The number of carbonyl (C=O) groups is 2. The number of amides is 1. The first-order chi connectivity index (χ1) is 13.4. The van der Waals surface area contributed by atoms with Gasteiger partial charge in [0.1, 0.15) is 18.9 Å². The fourth-order valence-corrected chi connectivity index (χ4v) is 2.97. The summed E-state index contributed by atoms with van der Waals surface area (Å²) in [6.45, 7) is -3.68. The Hall–Kier alpha value is -3.34. The van der Waals surface area contributed by atoms with Crippen LogP contribution in [0.4, 0.5) is 8.78 Å². The van der Waals surface area contributed by atoms with Gasteiger partial charge in [0, 0.05) is 23.2 Å². The van der Waals surface area contributed by atoms with Crippen molar-refractivity contribution in [2.75, 3.05) is 6.54 Å². The Labute approximate surface area is 160 Å². The molecule has 2 aromatic heterocycles. The lowest BCUT2D eigenvalue weighted by molar-refractivity contribution is -0.143. The molecule has 0 saturated carbocycles. The van der Waals surface area contributed by atoms with Gasteiger partial charge in [0.05, 0.1) is 5.69 Å². The molecule has 0 radical (unpaired) electrons. The van der Waals surface area contributed by atoms with Crippen molar-refractivity contribution in [1.82, 2.24) is 14.7 Å². The number of rotatable bonds is 7. The zero-order chi connectivity index (χ0) is 20.1. The molecular formula is C17H13F2N3O5S. The van der Waals surface area contributed by atoms with E-state index in [2.05, 4.69) is 15.0 Å². The van der Waals surface area contributed by atoms with Gasteiger partial charge in [-0.3, -0.25) is 18.8 Å². The van der Waals surface area contributed by atoms with Crippen LogP contribution in [0.25, 0.3) is 4.96 Å². The van der Waals surface area contributed by atoms with Crippen LogP contribution in [0.15, 0.2) is 46.7 Å². The van der Waals surface area contributed by atoms with Crippen molar-refractivity contribution in [3.63, 3.8) is 0 Å². The lowest BCUT2D eigenvalue weighted by Crippen LogP contribution is -2.30. The zero-order valence-electron chi connectivity index (χ0n) is 14.1. The highest BCUT2D eigenvalue weighted by atomic mass is 32.1. The number of ether oxygens (including phenoxy) is 2. The molecule has 0 bridgehead atoms. The summed E-state index contributed by atoms with van der Waals surface area (Å²) in [5.41, 5.74) is 0.0317. The summed E-state index contributed by atoms with van der Waals surface area (Å²) in [6.07, 6.45) is 1.59. The number of nitrogens with zero attached hydrogens (tertiary/aromatic N) is 2. The number of esters is 1. The first-order valence-corrected chi connectivity index (χ1v) is 8.75. The molecule has 0 spiro atoms. The van der Waals surface area contributed by atoms with E-state index in [-0.39, 0.29) is 29.2 Å². The number of benzene rings is 1. The van der Waals surface area contributed by atoms with Crippen molar-refractivity contribution in [1.29, 1.82) is 0 Å². The molecule has 146 valence electrons. The molecule has 0 saturated heterocycles. The largest absolute Gasteiger partial charge is 0.458 e. The van der Waals surface area contributed by atoms with Gasteiger partial charge in [-0.25, -0.2) is 4.98 Å². The third-order valence-electron chi connectivity index (χ3n) is 3.45. The highest BCUT2D eigenvalue weighted by Gasteiger charge is 2.12. The van der Waals surface area contributed by atoms with E-state index in [4.69, 9.17) is 4.74 Å². The molecule has 0 unspecified atom stereocenters. The fourth-order valence-electron chi connectivity index (χ4n) is 2.24. The molecule has 3 rings (SSSR count). The van der Waals surface area contributed by atoms with Gasteiger partial charge in [-0.05, 0) is 18.2 Å². The van der Waals surface area contributed by atoms with Crippen molar-refractivity contribution >= 4 is 28.2 Å². The number of halogens is 2. The highest BCUT2D eigenvalue weighted by Crippen LogP contribution is 2.15. The minimum atomic E-state index is -3.01. The number of thiazole rings is 1. The van der Waals surface area contributed by atoms with Gasteiger partial charge in [-0.15, -0.1) is 11.3 Å². The van der Waals surface area contributed by atoms with Crippen LogP contribution in [0.1, 0.15) is 16.1 Å². The second-order valence-corrected chi connectivity index (χ2v) is 6.26. The predicted octanol–water partition coefficient (Wildman–Crippen LogP) is 1.83. The van der Waals surface area contributed by atoms with Crippen LogP contribution in [-0.4, -0.2) is 34.4 Å². The van der Waals surface area contributed by atoms with Crippen molar-refractivity contribution in [2.45, 2.75) is 13.2 Å². The van der Waals surface area contributed by atoms with E-state index in [0.717, 1.165) is 6.07 Å². The first-order valence-electron chi connectivity index (χ1n) is 7.87. The van der Waals surface area contributed by atoms with Crippen LogP contribution in [0.3, 0.4) is 0 Å². The van der Waals surface area contributed by atoms with E-state index in [9.17, 15) is 23.2 Å². The summed E-state index contributed by atoms with van der Waals surface area (Å²) >= 11 is 1.26. The minimum absolute atomic E-state index is 0.0452. The highest BCUT2D eigenvalue weighted by molar-refractivity contribution is 7.15. The third kappa shape index (κ3) is 4.88. The van der Waals surface area contributed by atoms with E-state index in [0.29, 0.717) is 4.96 Å². The van der Waals surface area contributed by atoms with Crippen LogP contribution in [0.5, 0.6) is 5.75 Å². The minimum Gasteiger partial charge on any atom is -0.458 e. The lowest BCUT2D eigenvalue weighted by Gasteiger charge is -2.08. The first kappa shape index (κ1) is 19.4. The Bertz CT molecular complexity index is 1070. The number of nitrogens with one attached hydrogen (secondary N) is 1. The lowest BCUT2D eigenvalue weighted by atomic mass is 10.2. The number of fused-ring (bicyclic) bond motifs is 1. The van der Waals surface area contributed by atoms with E-state index in [1.54, 1.807) is 11.6 Å². The molecule has 1 N–H and O–H groups in total. The molecule has 1 amide bonds. The van der Waals surface area contributed by atoms with Gasteiger partial charge in [0.25, 0.3) is 11.5 Å². The zero-order valence-corrected chi connectivity index (χ0v) is 14.9. The number of hydrogen-bond acceptors (Lipinski definition) is 7. The third-order valence-corrected chi connectivity index (χ3v) is 4.21. The van der Waals surface area contributed by atoms with Gasteiger partial charge in [-0.2, -0.15) is 8.78 Å². The summed E-state index contributed by atoms with van der Waals surface area (Å²) in [4.78, 5) is 40.3. The average Bonchev–Trinajstić information content (AvgIpc) is 3.13. The van der Waals surface area contributed by atoms with Gasteiger partial charge in [0.2, 0.25) is 0 Å². The smallest absolute Gasteiger partial charge is 0.387 e. The number of alkyl halides is 2. The molecular weight excluding hydrogens is 396 g/mol. The maximum atomic E-state index is 12.2. The quantitative estimate of drug-likeness (QED) is 0.598. The monoisotopic (exact) mass is 409 g/mol. The normalized spacial score (nSPS) is 10.8. The summed E-state index contributed by atoms with van der Waals surface area (Å²) in [5.74, 6) is -1.58. The van der Waals surface area contributed by atoms with Crippen LogP contribution < -0.4 is 15.6 Å². The van der Waals surface area contributed by atoms with Gasteiger partial charge in [0.15, 0.2) is 4.96 Å². The Morgan fingerprint density at radius 3 is 2.89 bits per heavy atom. The fraction of sp³-hybridized carbons (Fsp3) is 0.176. The molecule has 0 fully saturated rings. The molecule has 28 heavy (non-hydrogen) atoms. The molecule has 8 nitrogen and oxygen atoms in total. The van der Waals surface area contributed by atoms with E-state index in [1.807, 2.05) is 0 Å². The molecule has 0 aliphatic heterocycles. The Morgan fingerprint density at radius 2 is 2.11 bits per heavy atom. The van der Waals surface area contributed by atoms with Crippen molar-refractivity contribution < 1.29 is 27.8 Å². The van der Waals surface area contributed by atoms with Crippen molar-refractivity contribution in [2.24, 2.45) is 0 Å². The second kappa shape index (κ2) is 8.57. The van der Waals surface area contributed by atoms with E-state index >= 15 is 0 Å². The van der Waals surface area contributed by atoms with Crippen LogP contribution in [0, 0.1) is 0 Å². The van der Waals surface area contributed by atoms with Gasteiger partial charge < -0.3 is 14.8 Å². The van der Waals surface area contributed by atoms with E-state index < -0.39 is 25.0 Å². The Morgan fingerprint density at radius 1 is 1.29 bits per heavy atom. The van der Waals surface area contributed by atoms with Gasteiger partial charge >= 0.3 is 12.6 Å². The van der Waals surface area contributed by atoms with E-state index in [1.165, 1.54) is 40.0 Å². The molecule has 11 heteroatoms. The molecule has 0 aliphatic carbocycles. The van der Waals surface area contributed by atoms with Crippen molar-refractivity contribution in [3.8, 4) is 5.75 Å². The topological polar surface area (TPSA) is 99.0 Å². The SMILES string of the molecule is O=C(CNC(=O)c1cccc(OC(F)F)c1)OCc1cc(=O)n2ccsc2n1. The maximum absolute atomic E-state index is 12.2. The Kier molecular flexibility index (Phi) is 5.94. The standard InChI is InChI=1S/C17H13F2N3O5S/c18-16(19)27-12-3-1-2-10(6-12)15(25)20-8-14(24)26-9-11-7-13(23)22-4-5-28-17(22)21-11/h1-7,16H,8-9H2,(H,20,25). The number of carbonyl (C=O) groups excluding carboxylic acids is 2. The molecule has 1 aromatic carbocycles. The maximum Gasteiger partial charge on any atom is 0.387 e. The van der Waals surface area contributed by atoms with Crippen molar-refractivity contribution in [3.05, 3.63) is 63.5 Å². The predicted molar refractivity (Wildman–Crippen MR) is 94.5 cm³/mol. The number of aromatic nitrogens is 2.